The first-order valence-electron chi connectivity index (χ1n) is 11.3. The lowest BCUT2D eigenvalue weighted by molar-refractivity contribution is -0.274. The molecule has 1 amide bonds. The Hall–Kier alpha value is -3.11. The van der Waals surface area contributed by atoms with Gasteiger partial charge in [0.15, 0.2) is 0 Å². The van der Waals surface area contributed by atoms with Crippen LogP contribution in [0, 0.1) is 0 Å². The molecule has 0 saturated carbocycles. The lowest BCUT2D eigenvalue weighted by Gasteiger charge is -2.32. The standard InChI is InChI=1S/C24H25F3N4O3/c25-24(26,27)34-17-6-4-16(5-7-17)23(32)31-11-8-15(9-12-31)18-2-1-3-19-21(18)30-22(29-19)20-14-28-10-13-33-20/h1-7,15,20,28H,8-14H2,(H,29,30)/t20-/m1/s1. The molecule has 2 N–H and O–H groups in total. The molecular formula is C24H25F3N4O3. The summed E-state index contributed by atoms with van der Waals surface area (Å²) in [5, 5.41) is 3.32. The number of nitrogens with one attached hydrogen (secondary N) is 2. The second-order valence-electron chi connectivity index (χ2n) is 8.57. The molecule has 2 aliphatic heterocycles. The number of aromatic nitrogens is 2. The molecule has 0 radical (unpaired) electrons. The molecule has 7 nitrogen and oxygen atoms in total. The second kappa shape index (κ2) is 9.27. The van der Waals surface area contributed by atoms with Gasteiger partial charge in [0.1, 0.15) is 17.7 Å². The third-order valence-electron chi connectivity index (χ3n) is 6.35. The molecule has 0 spiro atoms. The van der Waals surface area contributed by atoms with E-state index in [2.05, 4.69) is 21.1 Å². The van der Waals surface area contributed by atoms with Gasteiger partial charge in [0.25, 0.3) is 5.91 Å². The van der Waals surface area contributed by atoms with Crippen LogP contribution in [0.3, 0.4) is 0 Å². The van der Waals surface area contributed by atoms with Gasteiger partial charge in [-0.25, -0.2) is 4.98 Å². The van der Waals surface area contributed by atoms with Crippen molar-refractivity contribution in [2.45, 2.75) is 31.2 Å². The quantitative estimate of drug-likeness (QED) is 0.594. The number of morpholine rings is 1. The molecule has 10 heteroatoms. The van der Waals surface area contributed by atoms with Crippen LogP contribution in [0.1, 0.15) is 46.6 Å². The maximum atomic E-state index is 12.9. The van der Waals surface area contributed by atoms with Crippen molar-refractivity contribution in [2.24, 2.45) is 0 Å². The number of H-pyrrole nitrogens is 1. The number of benzene rings is 2. The number of nitrogens with zero attached hydrogens (tertiary/aromatic N) is 2. The molecule has 1 atom stereocenters. The number of fused-ring (bicyclic) bond motifs is 1. The molecule has 1 aromatic heterocycles. The number of likely N-dealkylation sites (tertiary alicyclic amines) is 1. The van der Waals surface area contributed by atoms with Crippen LogP contribution < -0.4 is 10.1 Å². The van der Waals surface area contributed by atoms with E-state index >= 15 is 0 Å². The first kappa shape index (κ1) is 22.7. The van der Waals surface area contributed by atoms with Gasteiger partial charge in [-0.2, -0.15) is 0 Å². The summed E-state index contributed by atoms with van der Waals surface area (Å²) < 4.78 is 46.8. The molecule has 0 aliphatic carbocycles. The third kappa shape index (κ3) is 4.88. The molecule has 34 heavy (non-hydrogen) atoms. The van der Waals surface area contributed by atoms with E-state index in [1.165, 1.54) is 12.1 Å². The lowest BCUT2D eigenvalue weighted by atomic mass is 9.88. The normalized spacial score (nSPS) is 20.0. The fourth-order valence-electron chi connectivity index (χ4n) is 4.67. The molecule has 5 rings (SSSR count). The predicted octanol–water partition coefficient (Wildman–Crippen LogP) is 4.14. The summed E-state index contributed by atoms with van der Waals surface area (Å²) in [4.78, 5) is 22.8. The van der Waals surface area contributed by atoms with E-state index < -0.39 is 6.36 Å². The summed E-state index contributed by atoms with van der Waals surface area (Å²) in [5.74, 6) is 0.542. The Morgan fingerprint density at radius 3 is 2.56 bits per heavy atom. The van der Waals surface area contributed by atoms with E-state index in [9.17, 15) is 18.0 Å². The maximum absolute atomic E-state index is 12.9. The summed E-state index contributed by atoms with van der Waals surface area (Å²) in [6.07, 6.45) is -3.29. The topological polar surface area (TPSA) is 79.5 Å². The molecule has 0 unspecified atom stereocenters. The fraction of sp³-hybridized carbons (Fsp3) is 0.417. The zero-order valence-electron chi connectivity index (χ0n) is 18.4. The number of piperidine rings is 1. The van der Waals surface area contributed by atoms with Crippen LogP contribution in [-0.4, -0.2) is 59.9 Å². The molecule has 3 aromatic rings. The minimum absolute atomic E-state index is 0.0959. The monoisotopic (exact) mass is 474 g/mol. The van der Waals surface area contributed by atoms with Gasteiger partial charge in [0.05, 0.1) is 17.6 Å². The van der Waals surface area contributed by atoms with Crippen LogP contribution in [-0.2, 0) is 4.74 Å². The van der Waals surface area contributed by atoms with Crippen molar-refractivity contribution in [3.05, 3.63) is 59.4 Å². The highest BCUT2D eigenvalue weighted by Gasteiger charge is 2.31. The Morgan fingerprint density at radius 2 is 1.88 bits per heavy atom. The Kier molecular flexibility index (Phi) is 6.18. The number of aromatic amines is 1. The van der Waals surface area contributed by atoms with Crippen molar-refractivity contribution >= 4 is 16.9 Å². The van der Waals surface area contributed by atoms with Crippen molar-refractivity contribution in [3.8, 4) is 5.75 Å². The highest BCUT2D eigenvalue weighted by atomic mass is 19.4. The van der Waals surface area contributed by atoms with Crippen LogP contribution in [0.2, 0.25) is 0 Å². The van der Waals surface area contributed by atoms with Gasteiger partial charge in [-0.05, 0) is 54.7 Å². The van der Waals surface area contributed by atoms with Crippen molar-refractivity contribution in [3.63, 3.8) is 0 Å². The third-order valence-corrected chi connectivity index (χ3v) is 6.35. The number of alkyl halides is 3. The molecule has 2 aliphatic rings. The number of ether oxygens (including phenoxy) is 2. The summed E-state index contributed by atoms with van der Waals surface area (Å²) in [7, 11) is 0. The number of para-hydroxylation sites is 1. The Morgan fingerprint density at radius 1 is 1.12 bits per heavy atom. The Balaban J connectivity index is 1.25. The van der Waals surface area contributed by atoms with Crippen LogP contribution >= 0.6 is 0 Å². The SMILES string of the molecule is O=C(c1ccc(OC(F)(F)F)cc1)N1CCC(c2cccc3[nH]c([C@H]4CNCCO4)nc23)CC1. The van der Waals surface area contributed by atoms with Crippen molar-refractivity contribution in [2.75, 3.05) is 32.8 Å². The van der Waals surface area contributed by atoms with E-state index in [0.29, 0.717) is 25.3 Å². The molecule has 2 aromatic carbocycles. The van der Waals surface area contributed by atoms with E-state index in [0.717, 1.165) is 60.5 Å². The highest BCUT2D eigenvalue weighted by Crippen LogP contribution is 2.34. The lowest BCUT2D eigenvalue weighted by Crippen LogP contribution is -2.38. The van der Waals surface area contributed by atoms with Gasteiger partial charge in [-0.15, -0.1) is 13.2 Å². The largest absolute Gasteiger partial charge is 0.573 e. The summed E-state index contributed by atoms with van der Waals surface area (Å²) in [6, 6.07) is 11.2. The predicted molar refractivity (Wildman–Crippen MR) is 119 cm³/mol. The number of carbonyl (C=O) groups excluding carboxylic acids is 1. The van der Waals surface area contributed by atoms with Crippen LogP contribution in [0.15, 0.2) is 42.5 Å². The molecule has 2 saturated heterocycles. The van der Waals surface area contributed by atoms with Crippen LogP contribution in [0.4, 0.5) is 13.2 Å². The zero-order chi connectivity index (χ0) is 23.7. The van der Waals surface area contributed by atoms with Crippen molar-refractivity contribution in [1.82, 2.24) is 20.2 Å². The van der Waals surface area contributed by atoms with Gasteiger partial charge in [-0.1, -0.05) is 12.1 Å². The molecular weight excluding hydrogens is 449 g/mol. The van der Waals surface area contributed by atoms with Crippen molar-refractivity contribution in [1.29, 1.82) is 0 Å². The first-order valence-corrected chi connectivity index (χ1v) is 11.3. The van der Waals surface area contributed by atoms with Crippen LogP contribution in [0.5, 0.6) is 5.75 Å². The number of carbonyl (C=O) groups is 1. The average Bonchev–Trinajstić information content (AvgIpc) is 3.28. The first-order chi connectivity index (χ1) is 16.4. The van der Waals surface area contributed by atoms with E-state index in [1.807, 2.05) is 12.1 Å². The van der Waals surface area contributed by atoms with E-state index in [4.69, 9.17) is 9.72 Å². The van der Waals surface area contributed by atoms with Crippen LogP contribution in [0.25, 0.3) is 11.0 Å². The summed E-state index contributed by atoms with van der Waals surface area (Å²) in [5.41, 5.74) is 3.41. The Labute approximate surface area is 194 Å². The summed E-state index contributed by atoms with van der Waals surface area (Å²) in [6.45, 7) is 3.34. The van der Waals surface area contributed by atoms with Gasteiger partial charge < -0.3 is 24.7 Å². The fourth-order valence-corrected chi connectivity index (χ4v) is 4.67. The number of rotatable bonds is 4. The Bertz CT molecular complexity index is 1150. The van der Waals surface area contributed by atoms with E-state index in [1.54, 1.807) is 4.90 Å². The zero-order valence-corrected chi connectivity index (χ0v) is 18.4. The minimum atomic E-state index is -4.76. The van der Waals surface area contributed by atoms with Gasteiger partial charge in [-0.3, -0.25) is 4.79 Å². The maximum Gasteiger partial charge on any atom is 0.573 e. The highest BCUT2D eigenvalue weighted by molar-refractivity contribution is 5.94. The molecule has 0 bridgehead atoms. The average molecular weight is 474 g/mol. The number of hydrogen-bond donors (Lipinski definition) is 2. The second-order valence-corrected chi connectivity index (χ2v) is 8.57. The smallest absolute Gasteiger partial charge is 0.406 e. The number of halogens is 3. The molecule has 3 heterocycles. The summed E-state index contributed by atoms with van der Waals surface area (Å²) >= 11 is 0. The van der Waals surface area contributed by atoms with E-state index in [-0.39, 0.29) is 23.7 Å². The minimum Gasteiger partial charge on any atom is -0.406 e. The van der Waals surface area contributed by atoms with Crippen molar-refractivity contribution < 1.29 is 27.4 Å². The van der Waals surface area contributed by atoms with Gasteiger partial charge >= 0.3 is 6.36 Å². The number of amides is 1. The molecule has 2 fully saturated rings. The van der Waals surface area contributed by atoms with Gasteiger partial charge in [0, 0.05) is 31.7 Å². The number of hydrogen-bond acceptors (Lipinski definition) is 5. The molecule has 180 valence electrons. The number of imidazole rings is 1. The van der Waals surface area contributed by atoms with Gasteiger partial charge in [0.2, 0.25) is 0 Å².